The number of amides is 1. The summed E-state index contributed by atoms with van der Waals surface area (Å²) in [5.41, 5.74) is 0.370. The van der Waals surface area contributed by atoms with Gasteiger partial charge in [0.15, 0.2) is 0 Å². The van der Waals surface area contributed by atoms with Crippen molar-refractivity contribution in [2.45, 2.75) is 6.17 Å². The summed E-state index contributed by atoms with van der Waals surface area (Å²) in [7, 11) is 0. The predicted molar refractivity (Wildman–Crippen MR) is 51.3 cm³/mol. The molecule has 0 fully saturated rings. The van der Waals surface area contributed by atoms with Crippen LogP contribution in [0.1, 0.15) is 10.4 Å². The van der Waals surface area contributed by atoms with Gasteiger partial charge in [0.05, 0.1) is 6.54 Å². The minimum Gasteiger partial charge on any atom is -0.479 e. The number of aliphatic carboxylic acids is 1. The van der Waals surface area contributed by atoms with Crippen molar-refractivity contribution in [1.29, 1.82) is 0 Å². The van der Waals surface area contributed by atoms with Gasteiger partial charge in [-0.15, -0.1) is 0 Å². The van der Waals surface area contributed by atoms with Crippen molar-refractivity contribution >= 4 is 11.9 Å². The summed E-state index contributed by atoms with van der Waals surface area (Å²) in [6.45, 7) is -0.525. The number of alkyl halides is 1. The molecule has 15 heavy (non-hydrogen) atoms. The average molecular weight is 211 g/mol. The molecule has 5 heteroatoms. The Hall–Kier alpha value is -1.91. The maximum atomic E-state index is 12.6. The number of rotatable bonds is 4. The molecule has 0 spiro atoms. The van der Waals surface area contributed by atoms with Gasteiger partial charge in [-0.3, -0.25) is 4.79 Å². The van der Waals surface area contributed by atoms with Crippen LogP contribution in [0.4, 0.5) is 4.39 Å². The molecule has 0 bridgehead atoms. The minimum atomic E-state index is -2.07. The summed E-state index contributed by atoms with van der Waals surface area (Å²) >= 11 is 0. The Kier molecular flexibility index (Phi) is 3.79. The van der Waals surface area contributed by atoms with Crippen molar-refractivity contribution < 1.29 is 19.1 Å². The fourth-order valence-electron chi connectivity index (χ4n) is 0.961. The Morgan fingerprint density at radius 2 is 1.93 bits per heavy atom. The van der Waals surface area contributed by atoms with Gasteiger partial charge in [0.25, 0.3) is 5.91 Å². The summed E-state index contributed by atoms with van der Waals surface area (Å²) in [5.74, 6) is -2.07. The molecular weight excluding hydrogens is 201 g/mol. The van der Waals surface area contributed by atoms with E-state index in [-0.39, 0.29) is 0 Å². The summed E-state index contributed by atoms with van der Waals surface area (Å²) in [6, 6.07) is 8.19. The van der Waals surface area contributed by atoms with Crippen LogP contribution in [-0.4, -0.2) is 29.7 Å². The van der Waals surface area contributed by atoms with E-state index in [1.54, 1.807) is 30.3 Å². The van der Waals surface area contributed by atoms with Crippen molar-refractivity contribution in [3.8, 4) is 0 Å². The van der Waals surface area contributed by atoms with Crippen molar-refractivity contribution in [1.82, 2.24) is 5.32 Å². The standard InChI is InChI=1S/C10H10FNO3/c11-8(10(14)15)6-12-9(13)7-4-2-1-3-5-7/h1-5,8H,6H2,(H,12,13)(H,14,15). The number of benzene rings is 1. The van der Waals surface area contributed by atoms with E-state index in [9.17, 15) is 14.0 Å². The number of halogens is 1. The smallest absolute Gasteiger partial charge is 0.340 e. The predicted octanol–water partition coefficient (Wildman–Crippen LogP) is 0.839. The van der Waals surface area contributed by atoms with Crippen molar-refractivity contribution in [2.75, 3.05) is 6.54 Å². The zero-order valence-corrected chi connectivity index (χ0v) is 7.81. The summed E-state index contributed by atoms with van der Waals surface area (Å²) in [5, 5.41) is 10.4. The van der Waals surface area contributed by atoms with Crippen molar-refractivity contribution in [3.63, 3.8) is 0 Å². The van der Waals surface area contributed by atoms with E-state index in [1.165, 1.54) is 0 Å². The highest BCUT2D eigenvalue weighted by Gasteiger charge is 2.16. The molecule has 0 radical (unpaired) electrons. The molecule has 1 atom stereocenters. The number of carboxylic acid groups (broad SMARTS) is 1. The van der Waals surface area contributed by atoms with Gasteiger partial charge in [-0.25, -0.2) is 9.18 Å². The van der Waals surface area contributed by atoms with Crippen LogP contribution < -0.4 is 5.32 Å². The first kappa shape index (κ1) is 11.2. The number of carbonyl (C=O) groups is 2. The normalized spacial score (nSPS) is 11.8. The maximum Gasteiger partial charge on any atom is 0.340 e. The molecule has 1 aromatic carbocycles. The van der Waals surface area contributed by atoms with Crippen molar-refractivity contribution in [2.24, 2.45) is 0 Å². The van der Waals surface area contributed by atoms with Crippen LogP contribution in [0.5, 0.6) is 0 Å². The van der Waals surface area contributed by atoms with E-state index < -0.39 is 24.6 Å². The van der Waals surface area contributed by atoms with E-state index in [0.29, 0.717) is 5.56 Å². The quantitative estimate of drug-likeness (QED) is 0.775. The SMILES string of the molecule is O=C(NCC(F)C(=O)O)c1ccccc1. The van der Waals surface area contributed by atoms with Crippen LogP contribution in [-0.2, 0) is 4.79 Å². The number of carboxylic acids is 1. The Morgan fingerprint density at radius 1 is 1.33 bits per heavy atom. The molecule has 0 aliphatic carbocycles. The number of hydrogen-bond acceptors (Lipinski definition) is 2. The molecule has 0 saturated carbocycles. The molecule has 80 valence electrons. The third-order valence-corrected chi connectivity index (χ3v) is 1.75. The van der Waals surface area contributed by atoms with Gasteiger partial charge >= 0.3 is 5.97 Å². The van der Waals surface area contributed by atoms with Crippen LogP contribution in [0.2, 0.25) is 0 Å². The second kappa shape index (κ2) is 5.09. The van der Waals surface area contributed by atoms with E-state index in [2.05, 4.69) is 5.32 Å². The lowest BCUT2D eigenvalue weighted by atomic mass is 10.2. The first-order valence-corrected chi connectivity index (χ1v) is 4.31. The highest BCUT2D eigenvalue weighted by atomic mass is 19.1. The van der Waals surface area contributed by atoms with Crippen molar-refractivity contribution in [3.05, 3.63) is 35.9 Å². The topological polar surface area (TPSA) is 66.4 Å². The van der Waals surface area contributed by atoms with Gasteiger partial charge in [-0.2, -0.15) is 0 Å². The minimum absolute atomic E-state index is 0.370. The molecular formula is C10H10FNO3. The lowest BCUT2D eigenvalue weighted by Crippen LogP contribution is -2.34. The Balaban J connectivity index is 2.47. The van der Waals surface area contributed by atoms with Gasteiger partial charge in [0, 0.05) is 5.56 Å². The van der Waals surface area contributed by atoms with Gasteiger partial charge in [0.1, 0.15) is 0 Å². The summed E-state index contributed by atoms with van der Waals surface area (Å²) in [4.78, 5) is 21.4. The number of carbonyl (C=O) groups excluding carboxylic acids is 1. The van der Waals surface area contributed by atoms with Gasteiger partial charge in [0.2, 0.25) is 6.17 Å². The van der Waals surface area contributed by atoms with E-state index >= 15 is 0 Å². The van der Waals surface area contributed by atoms with E-state index in [0.717, 1.165) is 0 Å². The maximum absolute atomic E-state index is 12.6. The zero-order valence-electron chi connectivity index (χ0n) is 7.81. The summed E-state index contributed by atoms with van der Waals surface area (Å²) in [6.07, 6.45) is -2.07. The highest BCUT2D eigenvalue weighted by Crippen LogP contribution is 1.98. The van der Waals surface area contributed by atoms with Gasteiger partial charge < -0.3 is 10.4 Å². The third kappa shape index (κ3) is 3.38. The van der Waals surface area contributed by atoms with Crippen LogP contribution in [0.15, 0.2) is 30.3 Å². The lowest BCUT2D eigenvalue weighted by Gasteiger charge is -2.05. The molecule has 0 saturated heterocycles. The Bertz CT molecular complexity index is 353. The Labute approximate surface area is 85.7 Å². The molecule has 1 unspecified atom stereocenters. The van der Waals surface area contributed by atoms with Crippen LogP contribution in [0.25, 0.3) is 0 Å². The molecule has 1 rings (SSSR count). The molecule has 4 nitrogen and oxygen atoms in total. The monoisotopic (exact) mass is 211 g/mol. The molecule has 2 N–H and O–H groups in total. The lowest BCUT2D eigenvalue weighted by molar-refractivity contribution is -0.142. The van der Waals surface area contributed by atoms with Crippen LogP contribution >= 0.6 is 0 Å². The third-order valence-electron chi connectivity index (χ3n) is 1.75. The molecule has 1 amide bonds. The molecule has 0 heterocycles. The van der Waals surface area contributed by atoms with E-state index in [4.69, 9.17) is 5.11 Å². The molecule has 0 aromatic heterocycles. The second-order valence-electron chi connectivity index (χ2n) is 2.88. The fraction of sp³-hybridized carbons (Fsp3) is 0.200. The second-order valence-corrected chi connectivity index (χ2v) is 2.88. The van der Waals surface area contributed by atoms with Gasteiger partial charge in [-0.05, 0) is 12.1 Å². The Morgan fingerprint density at radius 3 is 2.47 bits per heavy atom. The van der Waals surface area contributed by atoms with Crippen LogP contribution in [0.3, 0.4) is 0 Å². The number of nitrogens with one attached hydrogen (secondary N) is 1. The molecule has 0 aliphatic rings. The average Bonchev–Trinajstić information content (AvgIpc) is 2.26. The first-order chi connectivity index (χ1) is 7.11. The largest absolute Gasteiger partial charge is 0.479 e. The molecule has 1 aromatic rings. The fourth-order valence-corrected chi connectivity index (χ4v) is 0.961. The number of hydrogen-bond donors (Lipinski definition) is 2. The molecule has 0 aliphatic heterocycles. The van der Waals surface area contributed by atoms with Crippen LogP contribution in [0, 0.1) is 0 Å². The zero-order chi connectivity index (χ0) is 11.3. The van der Waals surface area contributed by atoms with Gasteiger partial charge in [-0.1, -0.05) is 18.2 Å². The first-order valence-electron chi connectivity index (χ1n) is 4.31. The highest BCUT2D eigenvalue weighted by molar-refractivity contribution is 5.94. The van der Waals surface area contributed by atoms with E-state index in [1.807, 2.05) is 0 Å². The summed E-state index contributed by atoms with van der Waals surface area (Å²) < 4.78 is 12.6.